The van der Waals surface area contributed by atoms with E-state index in [4.69, 9.17) is 21.7 Å². The third-order valence-corrected chi connectivity index (χ3v) is 3.73. The Morgan fingerprint density at radius 1 is 1.08 bits per heavy atom. The lowest BCUT2D eigenvalue weighted by molar-refractivity contribution is -0.119. The van der Waals surface area contributed by atoms with E-state index in [0.717, 1.165) is 11.4 Å². The number of para-hydroxylation sites is 2. The van der Waals surface area contributed by atoms with E-state index >= 15 is 0 Å². The zero-order valence-corrected chi connectivity index (χ0v) is 15.9. The first-order valence-corrected chi connectivity index (χ1v) is 9.01. The van der Waals surface area contributed by atoms with Crippen LogP contribution >= 0.6 is 12.2 Å². The lowest BCUT2D eigenvalue weighted by Gasteiger charge is -2.13. The highest BCUT2D eigenvalue weighted by atomic mass is 32.1. The van der Waals surface area contributed by atoms with Gasteiger partial charge in [0.25, 0.3) is 0 Å². The van der Waals surface area contributed by atoms with Crippen LogP contribution in [0, 0.1) is 6.92 Å². The summed E-state index contributed by atoms with van der Waals surface area (Å²) in [5.41, 5.74) is 1.91. The van der Waals surface area contributed by atoms with Crippen LogP contribution < -0.4 is 20.1 Å². The Hall–Kier alpha value is -2.60. The summed E-state index contributed by atoms with van der Waals surface area (Å²) in [4.78, 5) is 12.0. The number of carbonyl (C=O) groups is 1. The van der Waals surface area contributed by atoms with Gasteiger partial charge < -0.3 is 20.1 Å². The van der Waals surface area contributed by atoms with Crippen molar-refractivity contribution in [3.05, 3.63) is 54.1 Å². The van der Waals surface area contributed by atoms with Crippen molar-refractivity contribution in [2.45, 2.75) is 26.7 Å². The minimum absolute atomic E-state index is 0.149. The molecule has 5 nitrogen and oxygen atoms in total. The molecule has 6 heteroatoms. The lowest BCUT2D eigenvalue weighted by Crippen LogP contribution is -2.34. The van der Waals surface area contributed by atoms with Crippen LogP contribution in [0.4, 0.5) is 5.69 Å². The van der Waals surface area contributed by atoms with Gasteiger partial charge in [0.15, 0.2) is 5.11 Å². The number of aryl methyl sites for hydroxylation is 1. The van der Waals surface area contributed by atoms with Crippen LogP contribution in [-0.2, 0) is 4.79 Å². The number of hydrogen-bond donors (Lipinski definition) is 2. The van der Waals surface area contributed by atoms with Gasteiger partial charge in [-0.15, -0.1) is 0 Å². The number of benzene rings is 2. The zero-order chi connectivity index (χ0) is 18.8. The van der Waals surface area contributed by atoms with E-state index in [9.17, 15) is 4.79 Å². The number of nitrogens with one attached hydrogen (secondary N) is 2. The minimum Gasteiger partial charge on any atom is -0.494 e. The van der Waals surface area contributed by atoms with Gasteiger partial charge in [-0.3, -0.25) is 4.79 Å². The molecule has 1 amide bonds. The van der Waals surface area contributed by atoms with Gasteiger partial charge in [0.2, 0.25) is 5.91 Å². The quantitative estimate of drug-likeness (QED) is 0.540. The standard InChI is InChI=1S/C20H24N2O3S/c1-3-24-18-8-5-4-7-17(18)21-20(26)22-19(23)9-6-14-25-16-12-10-15(2)11-13-16/h4-5,7-8,10-13H,3,6,9,14H2,1-2H3,(H2,21,22,23,26). The predicted octanol–water partition coefficient (Wildman–Crippen LogP) is 4.07. The number of amides is 1. The smallest absolute Gasteiger partial charge is 0.226 e. The number of rotatable bonds is 8. The topological polar surface area (TPSA) is 59.6 Å². The number of thiocarbonyl (C=S) groups is 1. The highest BCUT2D eigenvalue weighted by Gasteiger charge is 2.08. The average Bonchev–Trinajstić information content (AvgIpc) is 2.62. The van der Waals surface area contributed by atoms with Crippen molar-refractivity contribution < 1.29 is 14.3 Å². The van der Waals surface area contributed by atoms with Gasteiger partial charge in [-0.05, 0) is 56.8 Å². The summed E-state index contributed by atoms with van der Waals surface area (Å²) in [5, 5.41) is 5.92. The van der Waals surface area contributed by atoms with Gasteiger partial charge in [0.1, 0.15) is 11.5 Å². The summed E-state index contributed by atoms with van der Waals surface area (Å²) >= 11 is 5.19. The summed E-state index contributed by atoms with van der Waals surface area (Å²) in [6.45, 7) is 4.97. The van der Waals surface area contributed by atoms with Gasteiger partial charge in [-0.25, -0.2) is 0 Å². The summed E-state index contributed by atoms with van der Waals surface area (Å²) in [7, 11) is 0. The maximum atomic E-state index is 12.0. The Balaban J connectivity index is 1.70. The molecule has 2 aromatic carbocycles. The number of ether oxygens (including phenoxy) is 2. The molecule has 0 aliphatic heterocycles. The molecule has 0 aromatic heterocycles. The Labute approximate surface area is 159 Å². The fourth-order valence-corrected chi connectivity index (χ4v) is 2.47. The maximum absolute atomic E-state index is 12.0. The molecule has 138 valence electrons. The Morgan fingerprint density at radius 2 is 1.81 bits per heavy atom. The second-order valence-electron chi connectivity index (χ2n) is 5.70. The van der Waals surface area contributed by atoms with Crippen molar-refractivity contribution >= 4 is 28.9 Å². The highest BCUT2D eigenvalue weighted by Crippen LogP contribution is 2.23. The third kappa shape index (κ3) is 6.72. The first-order valence-electron chi connectivity index (χ1n) is 8.60. The van der Waals surface area contributed by atoms with E-state index in [1.165, 1.54) is 5.56 Å². The normalized spacial score (nSPS) is 10.1. The molecule has 0 bridgehead atoms. The Morgan fingerprint density at radius 3 is 2.54 bits per heavy atom. The van der Waals surface area contributed by atoms with Crippen LogP contribution in [0.3, 0.4) is 0 Å². The van der Waals surface area contributed by atoms with E-state index in [1.807, 2.05) is 62.4 Å². The molecule has 0 aliphatic carbocycles. The van der Waals surface area contributed by atoms with E-state index in [2.05, 4.69) is 10.6 Å². The van der Waals surface area contributed by atoms with Crippen molar-refractivity contribution in [2.75, 3.05) is 18.5 Å². The van der Waals surface area contributed by atoms with Crippen molar-refractivity contribution in [3.63, 3.8) is 0 Å². The molecule has 0 aliphatic rings. The zero-order valence-electron chi connectivity index (χ0n) is 15.1. The molecule has 0 heterocycles. The highest BCUT2D eigenvalue weighted by molar-refractivity contribution is 7.80. The molecular weight excluding hydrogens is 348 g/mol. The molecule has 2 rings (SSSR count). The minimum atomic E-state index is -0.149. The van der Waals surface area contributed by atoms with Crippen LogP contribution in [0.2, 0.25) is 0 Å². The van der Waals surface area contributed by atoms with Gasteiger partial charge in [0.05, 0.1) is 18.9 Å². The van der Waals surface area contributed by atoms with Crippen molar-refractivity contribution in [1.29, 1.82) is 0 Å². The van der Waals surface area contributed by atoms with Crippen LogP contribution in [0.1, 0.15) is 25.3 Å². The van der Waals surface area contributed by atoms with Gasteiger partial charge in [-0.1, -0.05) is 29.8 Å². The monoisotopic (exact) mass is 372 g/mol. The van der Waals surface area contributed by atoms with Gasteiger partial charge >= 0.3 is 0 Å². The fourth-order valence-electron chi connectivity index (χ4n) is 2.25. The van der Waals surface area contributed by atoms with Gasteiger partial charge in [-0.2, -0.15) is 0 Å². The van der Waals surface area contributed by atoms with Crippen molar-refractivity contribution in [1.82, 2.24) is 5.32 Å². The maximum Gasteiger partial charge on any atom is 0.226 e. The number of carbonyl (C=O) groups excluding carboxylic acids is 1. The van der Waals surface area contributed by atoms with E-state index in [0.29, 0.717) is 31.8 Å². The van der Waals surface area contributed by atoms with Crippen molar-refractivity contribution in [3.8, 4) is 11.5 Å². The van der Waals surface area contributed by atoms with Crippen LogP contribution in [0.25, 0.3) is 0 Å². The molecule has 2 N–H and O–H groups in total. The molecule has 0 unspecified atom stereocenters. The number of anilines is 1. The summed E-state index contributed by atoms with van der Waals surface area (Å²) in [6, 6.07) is 15.3. The molecule has 0 spiro atoms. The SMILES string of the molecule is CCOc1ccccc1NC(=S)NC(=O)CCCOc1ccc(C)cc1. The molecule has 0 saturated heterocycles. The van der Waals surface area contributed by atoms with E-state index < -0.39 is 0 Å². The van der Waals surface area contributed by atoms with Crippen molar-refractivity contribution in [2.24, 2.45) is 0 Å². The predicted molar refractivity (Wildman–Crippen MR) is 108 cm³/mol. The van der Waals surface area contributed by atoms with E-state index in [1.54, 1.807) is 0 Å². The van der Waals surface area contributed by atoms with Crippen LogP contribution in [-0.4, -0.2) is 24.2 Å². The Bertz CT molecular complexity index is 732. The van der Waals surface area contributed by atoms with E-state index in [-0.39, 0.29) is 11.0 Å². The molecular formula is C20H24N2O3S. The second-order valence-corrected chi connectivity index (χ2v) is 6.10. The molecule has 0 atom stereocenters. The average molecular weight is 372 g/mol. The molecule has 0 saturated carbocycles. The molecule has 0 radical (unpaired) electrons. The summed E-state index contributed by atoms with van der Waals surface area (Å²) in [6.07, 6.45) is 0.943. The van der Waals surface area contributed by atoms with Gasteiger partial charge in [0, 0.05) is 6.42 Å². The summed E-state index contributed by atoms with van der Waals surface area (Å²) < 4.78 is 11.1. The van der Waals surface area contributed by atoms with Crippen LogP contribution in [0.15, 0.2) is 48.5 Å². The fraction of sp³-hybridized carbons (Fsp3) is 0.300. The summed E-state index contributed by atoms with van der Waals surface area (Å²) in [5.74, 6) is 1.35. The third-order valence-electron chi connectivity index (χ3n) is 3.53. The molecule has 26 heavy (non-hydrogen) atoms. The number of hydrogen-bond acceptors (Lipinski definition) is 4. The first kappa shape index (κ1) is 19.7. The molecule has 0 fully saturated rings. The second kappa shape index (κ2) is 10.4. The van der Waals surface area contributed by atoms with Crippen LogP contribution in [0.5, 0.6) is 11.5 Å². The molecule has 2 aromatic rings. The largest absolute Gasteiger partial charge is 0.494 e. The Kier molecular flexibility index (Phi) is 7.89. The lowest BCUT2D eigenvalue weighted by atomic mass is 10.2. The first-order chi connectivity index (χ1) is 12.6.